The van der Waals surface area contributed by atoms with Crippen LogP contribution in [0.1, 0.15) is 44.1 Å². The number of nitrogens with one attached hydrogen (secondary N) is 2. The number of hydrogen-bond acceptors (Lipinski definition) is 5. The molecule has 1 aliphatic carbocycles. The Hall–Kier alpha value is -3.84. The second-order valence-electron chi connectivity index (χ2n) is 9.27. The number of aryl methyl sites for hydroxylation is 1. The van der Waals surface area contributed by atoms with Crippen molar-refractivity contribution in [2.75, 3.05) is 18.7 Å². The molecule has 0 bridgehead atoms. The molecule has 7 heteroatoms. The van der Waals surface area contributed by atoms with Gasteiger partial charge in [0.05, 0.1) is 11.5 Å². The lowest BCUT2D eigenvalue weighted by Gasteiger charge is -2.17. The van der Waals surface area contributed by atoms with Crippen molar-refractivity contribution >= 4 is 17.5 Å². The molecule has 2 amide bonds. The van der Waals surface area contributed by atoms with Gasteiger partial charge in [0.15, 0.2) is 11.5 Å². The van der Waals surface area contributed by atoms with Crippen molar-refractivity contribution in [2.45, 2.75) is 38.2 Å². The van der Waals surface area contributed by atoms with Gasteiger partial charge in [0.2, 0.25) is 12.7 Å². The van der Waals surface area contributed by atoms with Gasteiger partial charge >= 0.3 is 0 Å². The summed E-state index contributed by atoms with van der Waals surface area (Å²) in [5.74, 6) is 1.13. The Bertz CT molecular complexity index is 1290. The summed E-state index contributed by atoms with van der Waals surface area (Å²) >= 11 is 0. The lowest BCUT2D eigenvalue weighted by molar-refractivity contribution is -0.118. The van der Waals surface area contributed by atoms with Crippen molar-refractivity contribution in [1.29, 1.82) is 0 Å². The first kappa shape index (κ1) is 22.9. The molecule has 0 spiro atoms. The molecule has 0 unspecified atom stereocenters. The Balaban J connectivity index is 0.00000190. The Morgan fingerprint density at radius 1 is 1.03 bits per heavy atom. The topological polar surface area (TPSA) is 96.9 Å². The first-order chi connectivity index (χ1) is 16.9. The predicted octanol–water partition coefficient (Wildman–Crippen LogP) is 4.66. The molecular formula is C28H32N2O5. The molecule has 2 aliphatic rings. The fraction of sp³-hybridized carbons (Fsp3) is 0.286. The van der Waals surface area contributed by atoms with Crippen molar-refractivity contribution < 1.29 is 27.0 Å². The highest BCUT2D eigenvalue weighted by Crippen LogP contribution is 2.51. The molecule has 1 atom stereocenters. The highest BCUT2D eigenvalue weighted by atomic mass is 16.7. The number of carbonyl (C=O) groups is 2. The first-order valence-corrected chi connectivity index (χ1v) is 11.7. The molecule has 0 aromatic heterocycles. The molecule has 1 fully saturated rings. The van der Waals surface area contributed by atoms with Gasteiger partial charge in [0.25, 0.3) is 5.91 Å². The Kier molecular flexibility index (Phi) is 5.94. The minimum atomic E-state index is -0.598. The molecule has 1 heterocycles. The number of rotatable bonds is 7. The van der Waals surface area contributed by atoms with Gasteiger partial charge in [-0.3, -0.25) is 9.59 Å². The van der Waals surface area contributed by atoms with Crippen LogP contribution in [-0.4, -0.2) is 36.4 Å². The number of amides is 2. The maximum absolute atomic E-state index is 13.3. The zero-order valence-electron chi connectivity index (χ0n) is 19.8. The number of fused-ring (bicyclic) bond motifs is 1. The normalized spacial score (nSPS) is 15.9. The fourth-order valence-electron chi connectivity index (χ4n) is 4.37. The first-order valence-electron chi connectivity index (χ1n) is 11.7. The summed E-state index contributed by atoms with van der Waals surface area (Å²) < 4.78 is 10.9. The van der Waals surface area contributed by atoms with E-state index in [4.69, 9.17) is 9.47 Å². The molecule has 0 radical (unpaired) electrons. The second kappa shape index (κ2) is 9.07. The summed E-state index contributed by atoms with van der Waals surface area (Å²) in [6.07, 6.45) is 0.976. The molecule has 1 aliphatic heterocycles. The third kappa shape index (κ3) is 4.59. The second-order valence-corrected chi connectivity index (χ2v) is 9.27. The van der Waals surface area contributed by atoms with E-state index >= 15 is 0 Å². The van der Waals surface area contributed by atoms with E-state index < -0.39 is 11.5 Å². The molecule has 35 heavy (non-hydrogen) atoms. The lowest BCUT2D eigenvalue weighted by Crippen LogP contribution is -2.30. The zero-order valence-corrected chi connectivity index (χ0v) is 19.8. The van der Waals surface area contributed by atoms with Crippen LogP contribution in [-0.2, 0) is 10.2 Å². The number of aliphatic hydroxyl groups excluding tert-OH is 1. The minimum Gasteiger partial charge on any atom is -0.454 e. The maximum Gasteiger partial charge on any atom is 0.251 e. The van der Waals surface area contributed by atoms with E-state index in [-0.39, 0.29) is 28.0 Å². The highest BCUT2D eigenvalue weighted by molar-refractivity contribution is 6.02. The van der Waals surface area contributed by atoms with Crippen LogP contribution in [0.3, 0.4) is 0 Å². The molecule has 3 N–H and O–H groups in total. The van der Waals surface area contributed by atoms with Crippen LogP contribution in [0.2, 0.25) is 0 Å². The molecule has 3 aromatic rings. The van der Waals surface area contributed by atoms with Crippen molar-refractivity contribution in [1.82, 2.24) is 5.32 Å². The molecular weight excluding hydrogens is 444 g/mol. The third-order valence-electron chi connectivity index (χ3n) is 6.62. The van der Waals surface area contributed by atoms with E-state index in [0.717, 1.165) is 40.8 Å². The molecule has 1 saturated carbocycles. The number of carbonyl (C=O) groups excluding carboxylic acids is 2. The van der Waals surface area contributed by atoms with Crippen LogP contribution >= 0.6 is 0 Å². The van der Waals surface area contributed by atoms with Crippen molar-refractivity contribution in [3.05, 3.63) is 77.4 Å². The van der Waals surface area contributed by atoms with Crippen molar-refractivity contribution in [3.8, 4) is 22.6 Å². The van der Waals surface area contributed by atoms with E-state index in [0.29, 0.717) is 17.1 Å². The van der Waals surface area contributed by atoms with E-state index in [1.54, 1.807) is 19.1 Å². The van der Waals surface area contributed by atoms with Gasteiger partial charge in [-0.15, -0.1) is 0 Å². The van der Waals surface area contributed by atoms with Gasteiger partial charge in [-0.1, -0.05) is 24.3 Å². The van der Waals surface area contributed by atoms with Gasteiger partial charge in [-0.25, -0.2) is 0 Å². The Morgan fingerprint density at radius 2 is 1.77 bits per heavy atom. The molecule has 3 aromatic carbocycles. The number of benzene rings is 3. The maximum atomic E-state index is 13.3. The summed E-state index contributed by atoms with van der Waals surface area (Å²) in [7, 11) is 0. The SMILES string of the molecule is Cc1ccc(NC(=O)C2(c3ccc4c(c3)OCO4)CC2)cc1-c1ccc(C(=O)NC[C@H](C)O)cc1.[HH].[HH]. The third-order valence-corrected chi connectivity index (χ3v) is 6.62. The quantitative estimate of drug-likeness (QED) is 0.461. The van der Waals surface area contributed by atoms with E-state index in [1.807, 2.05) is 55.5 Å². The summed E-state index contributed by atoms with van der Waals surface area (Å²) in [6.45, 7) is 4.05. The van der Waals surface area contributed by atoms with Crippen LogP contribution in [0.4, 0.5) is 5.69 Å². The van der Waals surface area contributed by atoms with Gasteiger partial charge in [0, 0.05) is 20.6 Å². The number of ether oxygens (including phenoxy) is 2. The van der Waals surface area contributed by atoms with E-state index in [1.165, 1.54) is 0 Å². The average molecular weight is 477 g/mol. The molecule has 184 valence electrons. The summed E-state index contributed by atoms with van der Waals surface area (Å²) in [4.78, 5) is 25.5. The van der Waals surface area contributed by atoms with Crippen molar-refractivity contribution in [2.24, 2.45) is 0 Å². The largest absolute Gasteiger partial charge is 0.454 e. The Morgan fingerprint density at radius 3 is 2.49 bits per heavy atom. The van der Waals surface area contributed by atoms with Gasteiger partial charge in [0.1, 0.15) is 0 Å². The standard InChI is InChI=1S/C28H28N2O5.2H2/c1-17-3-9-22(14-23(17)19-4-6-20(7-5-19)26(32)29-15-18(2)31)30-27(33)28(11-12-28)21-8-10-24-25(13-21)35-16-34-24;;/h3-10,13-14,18,31H,11-12,15-16H2,1-2H3,(H,29,32)(H,30,33);2*1H/t18-;;/m0../s1. The van der Waals surface area contributed by atoms with Gasteiger partial charge in [-0.2, -0.15) is 0 Å². The monoisotopic (exact) mass is 476 g/mol. The summed E-state index contributed by atoms with van der Waals surface area (Å²) in [5, 5.41) is 15.2. The smallest absolute Gasteiger partial charge is 0.251 e. The number of aliphatic hydroxyl groups is 1. The van der Waals surface area contributed by atoms with Crippen LogP contribution in [0.15, 0.2) is 60.7 Å². The fourth-order valence-corrected chi connectivity index (χ4v) is 4.37. The predicted molar refractivity (Wildman–Crippen MR) is 137 cm³/mol. The van der Waals surface area contributed by atoms with Crippen LogP contribution in [0.5, 0.6) is 11.5 Å². The average Bonchev–Trinajstić information content (AvgIpc) is 3.54. The summed E-state index contributed by atoms with van der Waals surface area (Å²) in [5.41, 5.74) is 4.63. The van der Waals surface area contributed by atoms with Crippen LogP contribution < -0.4 is 20.1 Å². The van der Waals surface area contributed by atoms with E-state index in [9.17, 15) is 14.7 Å². The highest BCUT2D eigenvalue weighted by Gasteiger charge is 2.51. The van der Waals surface area contributed by atoms with E-state index in [2.05, 4.69) is 10.6 Å². The number of hydrogen-bond donors (Lipinski definition) is 3. The van der Waals surface area contributed by atoms with Crippen LogP contribution in [0.25, 0.3) is 11.1 Å². The Labute approximate surface area is 207 Å². The minimum absolute atomic E-state index is 0. The van der Waals surface area contributed by atoms with Crippen molar-refractivity contribution in [3.63, 3.8) is 0 Å². The van der Waals surface area contributed by atoms with Crippen LogP contribution in [0, 0.1) is 6.92 Å². The zero-order chi connectivity index (χ0) is 24.6. The lowest BCUT2D eigenvalue weighted by atomic mass is 9.94. The van der Waals surface area contributed by atoms with Gasteiger partial charge < -0.3 is 25.2 Å². The number of anilines is 1. The molecule has 0 saturated heterocycles. The summed E-state index contributed by atoms with van der Waals surface area (Å²) in [6, 6.07) is 18.9. The molecule has 5 rings (SSSR count). The van der Waals surface area contributed by atoms with Gasteiger partial charge in [-0.05, 0) is 85.3 Å². The molecule has 7 nitrogen and oxygen atoms in total.